The fourth-order valence-corrected chi connectivity index (χ4v) is 2.67. The second kappa shape index (κ2) is 5.11. The molecule has 2 aromatic rings. The van der Waals surface area contributed by atoms with Crippen LogP contribution in [-0.4, -0.2) is 6.04 Å². The van der Waals surface area contributed by atoms with Gasteiger partial charge in [-0.1, -0.05) is 55.3 Å². The maximum atomic E-state index is 3.66. The smallest absolute Gasteiger partial charge is 0.0214 e. The Kier molecular flexibility index (Phi) is 3.33. The van der Waals surface area contributed by atoms with Crippen LogP contribution in [0.2, 0.25) is 0 Å². The molecular weight excluding hydrogens is 218 g/mol. The van der Waals surface area contributed by atoms with E-state index in [-0.39, 0.29) is 0 Å². The van der Waals surface area contributed by atoms with Crippen molar-refractivity contribution in [1.29, 1.82) is 0 Å². The lowest BCUT2D eigenvalue weighted by Gasteiger charge is -2.14. The first-order chi connectivity index (χ1) is 8.83. The summed E-state index contributed by atoms with van der Waals surface area (Å²) in [5.74, 6) is 1.00. The Hall–Kier alpha value is -1.34. The van der Waals surface area contributed by atoms with E-state index >= 15 is 0 Å². The number of hydrogen-bond acceptors (Lipinski definition) is 1. The highest BCUT2D eigenvalue weighted by molar-refractivity contribution is 5.85. The summed E-state index contributed by atoms with van der Waals surface area (Å²) < 4.78 is 0. The minimum Gasteiger partial charge on any atom is -0.310 e. The van der Waals surface area contributed by atoms with Crippen molar-refractivity contribution in [3.63, 3.8) is 0 Å². The lowest BCUT2D eigenvalue weighted by atomic mass is 10.0. The van der Waals surface area contributed by atoms with Gasteiger partial charge in [-0.15, -0.1) is 0 Å². The van der Waals surface area contributed by atoms with Gasteiger partial charge in [0, 0.05) is 12.6 Å². The Morgan fingerprint density at radius 3 is 2.72 bits per heavy atom. The van der Waals surface area contributed by atoms with Crippen molar-refractivity contribution in [3.8, 4) is 0 Å². The molecule has 1 aliphatic rings. The summed E-state index contributed by atoms with van der Waals surface area (Å²) in [4.78, 5) is 0. The van der Waals surface area contributed by atoms with Crippen molar-refractivity contribution in [2.45, 2.75) is 38.8 Å². The number of nitrogens with one attached hydrogen (secondary N) is 1. The third-order valence-corrected chi connectivity index (χ3v) is 3.90. The van der Waals surface area contributed by atoms with Crippen LogP contribution in [0.1, 0.15) is 31.7 Å². The molecule has 0 bridgehead atoms. The Balaban J connectivity index is 1.69. The molecule has 1 saturated carbocycles. The van der Waals surface area contributed by atoms with E-state index in [9.17, 15) is 0 Å². The fourth-order valence-electron chi connectivity index (χ4n) is 2.67. The highest BCUT2D eigenvalue weighted by atomic mass is 14.9. The first kappa shape index (κ1) is 11.7. The topological polar surface area (TPSA) is 12.0 Å². The van der Waals surface area contributed by atoms with Crippen molar-refractivity contribution < 1.29 is 0 Å². The molecule has 1 unspecified atom stereocenters. The van der Waals surface area contributed by atoms with Crippen LogP contribution in [-0.2, 0) is 6.54 Å². The third kappa shape index (κ3) is 2.73. The summed E-state index contributed by atoms with van der Waals surface area (Å²) in [5.41, 5.74) is 1.41. The summed E-state index contributed by atoms with van der Waals surface area (Å²) in [7, 11) is 0. The van der Waals surface area contributed by atoms with E-state index in [4.69, 9.17) is 0 Å². The molecule has 0 saturated heterocycles. The van der Waals surface area contributed by atoms with Gasteiger partial charge >= 0.3 is 0 Å². The lowest BCUT2D eigenvalue weighted by molar-refractivity contribution is 0.488. The molecule has 94 valence electrons. The van der Waals surface area contributed by atoms with Gasteiger partial charge in [-0.05, 0) is 35.6 Å². The van der Waals surface area contributed by atoms with Gasteiger partial charge in [0.25, 0.3) is 0 Å². The average Bonchev–Trinajstić information content (AvgIpc) is 3.20. The second-order valence-electron chi connectivity index (χ2n) is 5.60. The predicted molar refractivity (Wildman–Crippen MR) is 77.6 cm³/mol. The number of benzene rings is 2. The molecule has 0 aliphatic heterocycles. The predicted octanol–water partition coefficient (Wildman–Crippen LogP) is 4.12. The second-order valence-corrected chi connectivity index (χ2v) is 5.60. The number of rotatable bonds is 5. The van der Waals surface area contributed by atoms with E-state index < -0.39 is 0 Å². The van der Waals surface area contributed by atoms with E-state index in [2.05, 4.69) is 54.7 Å². The third-order valence-electron chi connectivity index (χ3n) is 3.90. The SMILES string of the molecule is CC(CC1CC1)NCc1cccc2ccccc12. The highest BCUT2D eigenvalue weighted by Gasteiger charge is 2.23. The molecule has 1 atom stereocenters. The minimum atomic E-state index is 0.636. The molecule has 0 spiro atoms. The molecule has 0 heterocycles. The molecule has 1 heteroatoms. The van der Waals surface area contributed by atoms with Crippen molar-refractivity contribution >= 4 is 10.8 Å². The number of fused-ring (bicyclic) bond motifs is 1. The summed E-state index contributed by atoms with van der Waals surface area (Å²) in [6, 6.07) is 15.9. The van der Waals surface area contributed by atoms with Crippen LogP contribution in [0, 0.1) is 5.92 Å². The molecule has 2 aromatic carbocycles. The monoisotopic (exact) mass is 239 g/mol. The molecule has 0 amide bonds. The van der Waals surface area contributed by atoms with Crippen LogP contribution in [0.4, 0.5) is 0 Å². The van der Waals surface area contributed by atoms with Crippen LogP contribution in [0.15, 0.2) is 42.5 Å². The van der Waals surface area contributed by atoms with Gasteiger partial charge < -0.3 is 5.32 Å². The van der Waals surface area contributed by atoms with E-state index in [0.29, 0.717) is 6.04 Å². The summed E-state index contributed by atoms with van der Waals surface area (Å²) in [5, 5.41) is 6.38. The van der Waals surface area contributed by atoms with E-state index in [1.54, 1.807) is 0 Å². The molecule has 1 aliphatic carbocycles. The molecule has 1 fully saturated rings. The van der Waals surface area contributed by atoms with Gasteiger partial charge in [0.1, 0.15) is 0 Å². The van der Waals surface area contributed by atoms with E-state index in [0.717, 1.165) is 12.5 Å². The van der Waals surface area contributed by atoms with Gasteiger partial charge in [-0.2, -0.15) is 0 Å². The Labute approximate surface area is 109 Å². The normalized spacial score (nSPS) is 16.9. The average molecular weight is 239 g/mol. The molecule has 1 nitrogen and oxygen atoms in total. The quantitative estimate of drug-likeness (QED) is 0.827. The van der Waals surface area contributed by atoms with Crippen LogP contribution in [0.3, 0.4) is 0 Å². The lowest BCUT2D eigenvalue weighted by Crippen LogP contribution is -2.25. The van der Waals surface area contributed by atoms with Gasteiger partial charge in [-0.25, -0.2) is 0 Å². The zero-order valence-electron chi connectivity index (χ0n) is 11.0. The number of hydrogen-bond donors (Lipinski definition) is 1. The highest BCUT2D eigenvalue weighted by Crippen LogP contribution is 2.33. The Bertz CT molecular complexity index is 523. The Morgan fingerprint density at radius 1 is 1.11 bits per heavy atom. The summed E-state index contributed by atoms with van der Waals surface area (Å²) in [6.45, 7) is 3.29. The maximum Gasteiger partial charge on any atom is 0.0214 e. The molecule has 3 rings (SSSR count). The maximum absolute atomic E-state index is 3.66. The molecule has 18 heavy (non-hydrogen) atoms. The van der Waals surface area contributed by atoms with Crippen LogP contribution < -0.4 is 5.32 Å². The van der Waals surface area contributed by atoms with Crippen LogP contribution >= 0.6 is 0 Å². The van der Waals surface area contributed by atoms with Crippen molar-refractivity contribution in [3.05, 3.63) is 48.0 Å². The molecule has 1 N–H and O–H groups in total. The first-order valence-corrected chi connectivity index (χ1v) is 7.03. The fraction of sp³-hybridized carbons (Fsp3) is 0.412. The van der Waals surface area contributed by atoms with Crippen molar-refractivity contribution in [2.75, 3.05) is 0 Å². The van der Waals surface area contributed by atoms with E-state index in [1.807, 2.05) is 0 Å². The van der Waals surface area contributed by atoms with Gasteiger partial charge in [0.15, 0.2) is 0 Å². The van der Waals surface area contributed by atoms with E-state index in [1.165, 1.54) is 35.6 Å². The molecule has 0 aromatic heterocycles. The van der Waals surface area contributed by atoms with Crippen LogP contribution in [0.25, 0.3) is 10.8 Å². The Morgan fingerprint density at radius 2 is 1.89 bits per heavy atom. The molecular formula is C17H21N. The van der Waals surface area contributed by atoms with Crippen molar-refractivity contribution in [2.24, 2.45) is 5.92 Å². The van der Waals surface area contributed by atoms with Gasteiger partial charge in [0.05, 0.1) is 0 Å². The standard InChI is InChI=1S/C17H21N/c1-13(11-14-9-10-14)18-12-16-7-4-6-15-5-2-3-8-17(15)16/h2-8,13-14,18H,9-12H2,1H3. The van der Waals surface area contributed by atoms with Gasteiger partial charge in [-0.3, -0.25) is 0 Å². The molecule has 0 radical (unpaired) electrons. The summed E-state index contributed by atoms with van der Waals surface area (Å²) in [6.07, 6.45) is 4.23. The van der Waals surface area contributed by atoms with Crippen LogP contribution in [0.5, 0.6) is 0 Å². The zero-order valence-corrected chi connectivity index (χ0v) is 11.0. The largest absolute Gasteiger partial charge is 0.310 e. The van der Waals surface area contributed by atoms with Gasteiger partial charge in [0.2, 0.25) is 0 Å². The minimum absolute atomic E-state index is 0.636. The first-order valence-electron chi connectivity index (χ1n) is 7.03. The summed E-state index contributed by atoms with van der Waals surface area (Å²) >= 11 is 0. The zero-order chi connectivity index (χ0) is 12.4. The van der Waals surface area contributed by atoms with Crippen molar-refractivity contribution in [1.82, 2.24) is 5.32 Å².